The molecule has 0 heterocycles. The van der Waals surface area contributed by atoms with Crippen LogP contribution in [-0.2, 0) is 28.5 Å². The normalized spacial score (nSPS) is 27.8. The average Bonchev–Trinajstić information content (AvgIpc) is 3.25. The summed E-state index contributed by atoms with van der Waals surface area (Å²) in [5, 5.41) is 21.9. The summed E-state index contributed by atoms with van der Waals surface area (Å²) >= 11 is 0. The minimum absolute atomic E-state index is 0.0538. The Morgan fingerprint density at radius 3 is 1.09 bits per heavy atom. The summed E-state index contributed by atoms with van der Waals surface area (Å²) in [6.45, 7) is 29.3. The molecule has 54 heavy (non-hydrogen) atoms. The summed E-state index contributed by atoms with van der Waals surface area (Å²) in [5.41, 5.74) is 0. The predicted molar refractivity (Wildman–Crippen MR) is 225 cm³/mol. The van der Waals surface area contributed by atoms with Gasteiger partial charge in [0.05, 0.1) is 44.0 Å². The van der Waals surface area contributed by atoms with E-state index in [1.165, 1.54) is 0 Å². The maximum Gasteiger partial charge on any atom is 0.202 e. The van der Waals surface area contributed by atoms with Crippen LogP contribution >= 0.6 is 0 Å². The van der Waals surface area contributed by atoms with E-state index in [1.54, 1.807) is 86.7 Å². The van der Waals surface area contributed by atoms with E-state index in [4.69, 9.17) is 8.85 Å². The molecule has 0 spiro atoms. The zero-order valence-electron chi connectivity index (χ0n) is 35.1. The van der Waals surface area contributed by atoms with Gasteiger partial charge in [0.25, 0.3) is 0 Å². The highest BCUT2D eigenvalue weighted by molar-refractivity contribution is 7.95. The summed E-state index contributed by atoms with van der Waals surface area (Å²) in [7, 11) is -11.3. The molecule has 2 N–H and O–H groups in total. The largest absolute Gasteiger partial charge is 0.413 e. The molecule has 12 heteroatoms. The number of aliphatic hydroxyl groups is 2. The molecule has 0 amide bonds. The Balaban J connectivity index is 0.000000290. The van der Waals surface area contributed by atoms with Crippen LogP contribution in [0.2, 0.25) is 36.3 Å². The van der Waals surface area contributed by atoms with Crippen LogP contribution in [0.3, 0.4) is 0 Å². The highest BCUT2D eigenvalue weighted by Crippen LogP contribution is 2.43. The van der Waals surface area contributed by atoms with Gasteiger partial charge in [-0.15, -0.1) is 0 Å². The molecule has 0 aromatic heterocycles. The first-order chi connectivity index (χ1) is 24.6. The molecule has 8 nitrogen and oxygen atoms in total. The van der Waals surface area contributed by atoms with Crippen molar-refractivity contribution in [2.45, 2.75) is 153 Å². The zero-order chi connectivity index (χ0) is 41.2. The highest BCUT2D eigenvalue weighted by Gasteiger charge is 2.45. The fourth-order valence-electron chi connectivity index (χ4n) is 6.55. The van der Waals surface area contributed by atoms with Gasteiger partial charge in [-0.1, -0.05) is 118 Å². The van der Waals surface area contributed by atoms with Crippen molar-refractivity contribution in [3.05, 3.63) is 82.6 Å². The molecular formula is C42H68O8S2Si2. The quantitative estimate of drug-likeness (QED) is 0.252. The van der Waals surface area contributed by atoms with Gasteiger partial charge in [-0.25, -0.2) is 16.8 Å². The molecule has 0 bridgehead atoms. The maximum absolute atomic E-state index is 13.1. The van der Waals surface area contributed by atoms with Crippen molar-refractivity contribution in [2.75, 3.05) is 0 Å². The fraction of sp³-hybridized carbons (Fsp3) is 0.619. The van der Waals surface area contributed by atoms with Gasteiger partial charge >= 0.3 is 0 Å². The monoisotopic (exact) mass is 820 g/mol. The van der Waals surface area contributed by atoms with Crippen molar-refractivity contribution >= 4 is 36.3 Å². The van der Waals surface area contributed by atoms with Gasteiger partial charge in [0.1, 0.15) is 0 Å². The van der Waals surface area contributed by atoms with Gasteiger partial charge in [-0.05, 0) is 73.4 Å². The molecule has 304 valence electrons. The molecule has 4 rings (SSSR count). The molecular weight excluding hydrogens is 753 g/mol. The Kier molecular flexibility index (Phi) is 14.9. The molecule has 2 aromatic rings. The van der Waals surface area contributed by atoms with E-state index in [0.717, 1.165) is 0 Å². The van der Waals surface area contributed by atoms with E-state index in [0.29, 0.717) is 22.7 Å². The van der Waals surface area contributed by atoms with E-state index in [2.05, 4.69) is 67.7 Å². The Hall–Kier alpha value is -1.91. The molecule has 0 radical (unpaired) electrons. The molecule has 2 aromatic carbocycles. The van der Waals surface area contributed by atoms with E-state index in [9.17, 15) is 27.0 Å². The van der Waals surface area contributed by atoms with Crippen LogP contribution in [0.5, 0.6) is 0 Å². The number of aliphatic hydroxyl groups excluding tert-OH is 2. The lowest BCUT2D eigenvalue weighted by Gasteiger charge is -2.41. The van der Waals surface area contributed by atoms with Crippen LogP contribution in [-0.4, -0.2) is 68.1 Å². The second-order valence-corrected chi connectivity index (χ2v) is 31.8. The van der Waals surface area contributed by atoms with Crippen molar-refractivity contribution in [1.82, 2.24) is 0 Å². The average molecular weight is 821 g/mol. The van der Waals surface area contributed by atoms with Crippen LogP contribution in [0.25, 0.3) is 0 Å². The van der Waals surface area contributed by atoms with Gasteiger partial charge in [0, 0.05) is 23.7 Å². The lowest BCUT2D eigenvalue weighted by Crippen LogP contribution is -2.47. The zero-order valence-corrected chi connectivity index (χ0v) is 38.8. The molecule has 0 saturated carbocycles. The van der Waals surface area contributed by atoms with Crippen LogP contribution in [0.1, 0.15) is 82.1 Å². The van der Waals surface area contributed by atoms with Crippen LogP contribution in [0, 0.1) is 23.7 Å². The molecule has 0 unspecified atom stereocenters. The Bertz CT molecular complexity index is 1690. The second kappa shape index (κ2) is 17.3. The molecule has 2 aliphatic rings. The Labute approximate surface area is 329 Å². The topological polar surface area (TPSA) is 127 Å². The minimum Gasteiger partial charge on any atom is -0.413 e. The maximum atomic E-state index is 13.1. The number of hydrogen-bond acceptors (Lipinski definition) is 8. The van der Waals surface area contributed by atoms with Crippen LogP contribution in [0.4, 0.5) is 0 Å². The SMILES string of the molecule is C[C@H]1[C@@H](O)[C@H](C)C(S(=O)(=O)c2ccccc2)=CC[C@@H]1O[Si](C)(C)C(C)(C)C.C[C@H]1[C@@H](O)[C@H](C)C(S(=O)(=O)c2ccccc2)=CC[C@@H]1O[Si](C)(C)C(C)(C)C. The van der Waals surface area contributed by atoms with E-state index in [-0.39, 0.29) is 43.9 Å². The smallest absolute Gasteiger partial charge is 0.202 e. The Morgan fingerprint density at radius 2 is 0.833 bits per heavy atom. The van der Waals surface area contributed by atoms with E-state index in [1.807, 2.05) is 13.8 Å². The molecule has 2 aliphatic carbocycles. The van der Waals surface area contributed by atoms with Crippen molar-refractivity contribution in [3.8, 4) is 0 Å². The summed E-state index contributed by atoms with van der Waals surface area (Å²) in [4.78, 5) is 1.14. The van der Waals surface area contributed by atoms with Crippen molar-refractivity contribution in [3.63, 3.8) is 0 Å². The van der Waals surface area contributed by atoms with Crippen molar-refractivity contribution in [2.24, 2.45) is 23.7 Å². The fourth-order valence-corrected chi connectivity index (χ4v) is 12.9. The lowest BCUT2D eigenvalue weighted by atomic mass is 9.91. The first kappa shape index (κ1) is 46.5. The molecule has 8 atom stereocenters. The third kappa shape index (κ3) is 10.3. The minimum atomic E-state index is -3.63. The third-order valence-corrected chi connectivity index (χ3v) is 25.6. The van der Waals surface area contributed by atoms with Crippen LogP contribution in [0.15, 0.2) is 92.4 Å². The molecule has 0 fully saturated rings. The van der Waals surface area contributed by atoms with Gasteiger partial charge < -0.3 is 19.1 Å². The van der Waals surface area contributed by atoms with Gasteiger partial charge in [-0.2, -0.15) is 0 Å². The third-order valence-electron chi connectivity index (χ3n) is 12.5. The predicted octanol–water partition coefficient (Wildman–Crippen LogP) is 9.54. The number of rotatable bonds is 8. The summed E-state index contributed by atoms with van der Waals surface area (Å²) < 4.78 is 65.7. The molecule has 0 aliphatic heterocycles. The van der Waals surface area contributed by atoms with E-state index < -0.39 is 60.4 Å². The Morgan fingerprint density at radius 1 is 0.556 bits per heavy atom. The van der Waals surface area contributed by atoms with Crippen LogP contribution < -0.4 is 0 Å². The standard InChI is InChI=1S/2C21H34O4SSi/c2*1-15-18(25-27(6,7)21(3,4)5)13-14-19(16(2)20(15)22)26(23,24)17-11-9-8-10-12-17/h2*8-12,14-16,18,20,22H,13H2,1-7H3/t2*15-,16-,18+,20-/m11/s1. The summed E-state index contributed by atoms with van der Waals surface area (Å²) in [5.74, 6) is -1.24. The summed E-state index contributed by atoms with van der Waals surface area (Å²) in [6, 6.07) is 16.9. The number of sulfone groups is 2. The van der Waals surface area contributed by atoms with Crippen molar-refractivity contribution in [1.29, 1.82) is 0 Å². The lowest BCUT2D eigenvalue weighted by molar-refractivity contribution is 0.0146. The summed E-state index contributed by atoms with van der Waals surface area (Å²) in [6.07, 6.45) is 2.62. The number of hydrogen-bond donors (Lipinski definition) is 2. The first-order valence-electron chi connectivity index (χ1n) is 19.3. The first-order valence-corrected chi connectivity index (χ1v) is 28.1. The highest BCUT2D eigenvalue weighted by atomic mass is 32.2. The van der Waals surface area contributed by atoms with Gasteiger partial charge in [0.15, 0.2) is 16.6 Å². The molecule has 0 saturated heterocycles. The number of benzene rings is 2. The van der Waals surface area contributed by atoms with E-state index >= 15 is 0 Å². The van der Waals surface area contributed by atoms with Gasteiger partial charge in [-0.3, -0.25) is 0 Å². The van der Waals surface area contributed by atoms with Gasteiger partial charge in [0.2, 0.25) is 19.7 Å². The second-order valence-electron chi connectivity index (χ2n) is 18.4. The van der Waals surface area contributed by atoms with Crippen molar-refractivity contribution < 1.29 is 35.9 Å².